The summed E-state index contributed by atoms with van der Waals surface area (Å²) in [4.78, 5) is 25.1. The monoisotopic (exact) mass is 573 g/mol. The number of nitrogens with zero attached hydrogens (tertiary/aromatic N) is 1. The van der Waals surface area contributed by atoms with Crippen molar-refractivity contribution in [2.24, 2.45) is 5.10 Å². The van der Waals surface area contributed by atoms with Gasteiger partial charge in [0, 0.05) is 11.3 Å². The highest BCUT2D eigenvalue weighted by molar-refractivity contribution is 7.92. The van der Waals surface area contributed by atoms with Crippen LogP contribution in [0.3, 0.4) is 0 Å². The van der Waals surface area contributed by atoms with E-state index in [0.717, 1.165) is 5.56 Å². The van der Waals surface area contributed by atoms with Gasteiger partial charge in [-0.2, -0.15) is 5.10 Å². The van der Waals surface area contributed by atoms with E-state index in [-0.39, 0.29) is 16.2 Å². The molecule has 0 aliphatic rings. The van der Waals surface area contributed by atoms with Crippen molar-refractivity contribution < 1.29 is 32.2 Å². The van der Waals surface area contributed by atoms with Gasteiger partial charge < -0.3 is 14.2 Å². The quantitative estimate of drug-likeness (QED) is 0.121. The maximum atomic E-state index is 12.6. The molecule has 10 nitrogen and oxygen atoms in total. The average Bonchev–Trinajstić information content (AvgIpc) is 2.98. The van der Waals surface area contributed by atoms with E-state index in [0.29, 0.717) is 28.3 Å². The normalized spacial score (nSPS) is 11.1. The smallest absolute Gasteiger partial charge is 0.343 e. The molecule has 0 bridgehead atoms. The van der Waals surface area contributed by atoms with Crippen LogP contribution in [0.5, 0.6) is 17.2 Å². The molecule has 0 aliphatic heterocycles. The molecule has 4 aromatic carbocycles. The number of methoxy groups -OCH3 is 2. The summed E-state index contributed by atoms with van der Waals surface area (Å²) in [6.45, 7) is 1.87. The Morgan fingerprint density at radius 2 is 1.44 bits per heavy atom. The minimum atomic E-state index is -3.76. The van der Waals surface area contributed by atoms with Gasteiger partial charge in [0.1, 0.15) is 5.75 Å². The topological polar surface area (TPSA) is 132 Å². The second-order valence-corrected chi connectivity index (χ2v) is 10.4. The molecule has 0 saturated heterocycles. The summed E-state index contributed by atoms with van der Waals surface area (Å²) >= 11 is 0. The lowest BCUT2D eigenvalue weighted by molar-refractivity contribution is 0.0729. The van der Waals surface area contributed by atoms with Crippen molar-refractivity contribution >= 4 is 33.8 Å². The number of aryl methyl sites for hydroxylation is 1. The molecular formula is C30H27N3O7S. The van der Waals surface area contributed by atoms with Crippen LogP contribution in [-0.2, 0) is 10.0 Å². The van der Waals surface area contributed by atoms with Gasteiger partial charge in [0.2, 0.25) is 0 Å². The number of amides is 1. The Kier molecular flexibility index (Phi) is 9.00. The molecule has 0 saturated carbocycles. The fourth-order valence-electron chi connectivity index (χ4n) is 3.59. The van der Waals surface area contributed by atoms with Gasteiger partial charge in [-0.05, 0) is 91.3 Å². The maximum Gasteiger partial charge on any atom is 0.343 e. The lowest BCUT2D eigenvalue weighted by Gasteiger charge is -2.10. The summed E-state index contributed by atoms with van der Waals surface area (Å²) in [5, 5.41) is 3.97. The number of benzene rings is 4. The predicted octanol–water partition coefficient (Wildman–Crippen LogP) is 4.80. The van der Waals surface area contributed by atoms with Crippen LogP contribution in [0.4, 0.5) is 5.69 Å². The SMILES string of the molecule is COc1ccc(C(=O)Oc2ccc(/C=N/NC(=O)c3ccc(NS(=O)(=O)c4ccc(C)cc4)cc3)cc2OC)cc1. The fourth-order valence-corrected chi connectivity index (χ4v) is 4.64. The summed E-state index contributed by atoms with van der Waals surface area (Å²) < 4.78 is 43.5. The predicted molar refractivity (Wildman–Crippen MR) is 154 cm³/mol. The highest BCUT2D eigenvalue weighted by atomic mass is 32.2. The van der Waals surface area contributed by atoms with Crippen LogP contribution >= 0.6 is 0 Å². The van der Waals surface area contributed by atoms with Gasteiger partial charge in [-0.15, -0.1) is 0 Å². The number of ether oxygens (including phenoxy) is 3. The van der Waals surface area contributed by atoms with Gasteiger partial charge in [-0.25, -0.2) is 18.6 Å². The molecule has 0 atom stereocenters. The summed E-state index contributed by atoms with van der Waals surface area (Å²) in [5.41, 5.74) is 4.87. The van der Waals surface area contributed by atoms with Crippen molar-refractivity contribution in [2.75, 3.05) is 18.9 Å². The van der Waals surface area contributed by atoms with E-state index in [9.17, 15) is 18.0 Å². The first-order chi connectivity index (χ1) is 19.7. The number of rotatable bonds is 10. The number of carbonyl (C=O) groups is 2. The highest BCUT2D eigenvalue weighted by Crippen LogP contribution is 2.28. The zero-order chi connectivity index (χ0) is 29.4. The zero-order valence-corrected chi connectivity index (χ0v) is 23.3. The van der Waals surface area contributed by atoms with Gasteiger partial charge in [0.15, 0.2) is 11.5 Å². The molecule has 2 N–H and O–H groups in total. The third kappa shape index (κ3) is 7.49. The third-order valence-corrected chi connectivity index (χ3v) is 7.22. The molecule has 0 spiro atoms. The van der Waals surface area contributed by atoms with Gasteiger partial charge in [0.05, 0.1) is 30.9 Å². The number of esters is 1. The number of sulfonamides is 1. The van der Waals surface area contributed by atoms with E-state index in [1.54, 1.807) is 54.6 Å². The summed E-state index contributed by atoms with van der Waals surface area (Å²) in [6.07, 6.45) is 1.40. The molecule has 0 heterocycles. The molecule has 41 heavy (non-hydrogen) atoms. The van der Waals surface area contributed by atoms with Crippen molar-refractivity contribution in [1.82, 2.24) is 5.43 Å². The largest absolute Gasteiger partial charge is 0.497 e. The standard InChI is InChI=1S/C30H27N3O7S/c1-20-4-15-26(16-5-20)41(36,37)33-24-11-7-22(8-12-24)29(34)32-31-19-21-6-17-27(28(18-21)39-3)40-30(35)23-9-13-25(38-2)14-10-23/h4-19,33H,1-3H3,(H,32,34)/b31-19+. The van der Waals surface area contributed by atoms with E-state index in [1.807, 2.05) is 6.92 Å². The molecule has 1 amide bonds. The van der Waals surface area contributed by atoms with Crippen molar-refractivity contribution in [3.8, 4) is 17.2 Å². The molecule has 0 unspecified atom stereocenters. The van der Waals surface area contributed by atoms with Crippen LogP contribution < -0.4 is 24.4 Å². The number of hydrazone groups is 1. The Morgan fingerprint density at radius 1 is 0.780 bits per heavy atom. The number of hydrogen-bond donors (Lipinski definition) is 2. The van der Waals surface area contributed by atoms with Crippen LogP contribution in [0.1, 0.15) is 31.8 Å². The Balaban J connectivity index is 1.35. The van der Waals surface area contributed by atoms with Crippen LogP contribution in [0.2, 0.25) is 0 Å². The second-order valence-electron chi connectivity index (χ2n) is 8.72. The first kappa shape index (κ1) is 28.8. The summed E-state index contributed by atoms with van der Waals surface area (Å²) in [6, 6.07) is 23.7. The lowest BCUT2D eigenvalue weighted by atomic mass is 10.2. The minimum absolute atomic E-state index is 0.138. The van der Waals surface area contributed by atoms with Gasteiger partial charge in [-0.3, -0.25) is 9.52 Å². The number of nitrogens with one attached hydrogen (secondary N) is 2. The van der Waals surface area contributed by atoms with Gasteiger partial charge in [-0.1, -0.05) is 17.7 Å². The van der Waals surface area contributed by atoms with Gasteiger partial charge in [0.25, 0.3) is 15.9 Å². The molecule has 4 aromatic rings. The molecule has 0 aromatic heterocycles. The van der Waals surface area contributed by atoms with Crippen molar-refractivity contribution in [2.45, 2.75) is 11.8 Å². The van der Waals surface area contributed by atoms with Gasteiger partial charge >= 0.3 is 5.97 Å². The van der Waals surface area contributed by atoms with E-state index in [4.69, 9.17) is 14.2 Å². The summed E-state index contributed by atoms with van der Waals surface area (Å²) in [7, 11) is -0.783. The van der Waals surface area contributed by atoms with Crippen LogP contribution in [0, 0.1) is 6.92 Å². The molecule has 0 aliphatic carbocycles. The van der Waals surface area contributed by atoms with E-state index in [2.05, 4.69) is 15.2 Å². The van der Waals surface area contributed by atoms with E-state index >= 15 is 0 Å². The Labute approximate surface area is 237 Å². The highest BCUT2D eigenvalue weighted by Gasteiger charge is 2.15. The first-order valence-corrected chi connectivity index (χ1v) is 13.7. The number of hydrogen-bond acceptors (Lipinski definition) is 8. The third-order valence-electron chi connectivity index (χ3n) is 5.83. The fraction of sp³-hybridized carbons (Fsp3) is 0.100. The Bertz CT molecular complexity index is 1670. The molecule has 0 radical (unpaired) electrons. The lowest BCUT2D eigenvalue weighted by Crippen LogP contribution is -2.18. The molecular weight excluding hydrogens is 546 g/mol. The van der Waals surface area contributed by atoms with Crippen molar-refractivity contribution in [3.05, 3.63) is 113 Å². The van der Waals surface area contributed by atoms with Crippen molar-refractivity contribution in [1.29, 1.82) is 0 Å². The van der Waals surface area contributed by atoms with E-state index in [1.165, 1.54) is 56.8 Å². The van der Waals surface area contributed by atoms with Crippen molar-refractivity contribution in [3.63, 3.8) is 0 Å². The number of anilines is 1. The summed E-state index contributed by atoms with van der Waals surface area (Å²) in [5.74, 6) is 0.0754. The average molecular weight is 574 g/mol. The second kappa shape index (κ2) is 12.8. The number of carbonyl (C=O) groups excluding carboxylic acids is 2. The molecule has 4 rings (SSSR count). The molecule has 0 fully saturated rings. The van der Waals surface area contributed by atoms with Crippen LogP contribution in [0.25, 0.3) is 0 Å². The molecule has 210 valence electrons. The first-order valence-electron chi connectivity index (χ1n) is 12.3. The minimum Gasteiger partial charge on any atom is -0.497 e. The van der Waals surface area contributed by atoms with Crippen LogP contribution in [0.15, 0.2) is 101 Å². The zero-order valence-electron chi connectivity index (χ0n) is 22.5. The molecule has 11 heteroatoms. The van der Waals surface area contributed by atoms with E-state index < -0.39 is 21.9 Å². The maximum absolute atomic E-state index is 12.6. The Hall–Kier alpha value is -5.16. The Morgan fingerprint density at radius 3 is 2.07 bits per heavy atom. The van der Waals surface area contributed by atoms with Crippen LogP contribution in [-0.4, -0.2) is 40.7 Å².